The first-order chi connectivity index (χ1) is 2.27. The molecule has 0 aromatic rings. The van der Waals surface area contributed by atoms with Gasteiger partial charge in [-0.25, -0.2) is 0 Å². The minimum absolute atomic E-state index is 0.282. The van der Waals surface area contributed by atoms with Crippen LogP contribution in [-0.2, 0) is 0 Å². The van der Waals surface area contributed by atoms with Crippen LogP contribution in [0.5, 0.6) is 0 Å². The summed E-state index contributed by atoms with van der Waals surface area (Å²) < 4.78 is 0. The van der Waals surface area contributed by atoms with Gasteiger partial charge in [0.05, 0.1) is 0 Å². The Balaban J connectivity index is 2.85. The molecule has 1 atom stereocenters. The predicted molar refractivity (Wildman–Crippen MR) is 28.2 cm³/mol. The lowest BCUT2D eigenvalue weighted by Gasteiger charge is -1.72. The Morgan fingerprint density at radius 1 is 2.00 bits per heavy atom. The Morgan fingerprint density at radius 2 is 2.20 bits per heavy atom. The number of carbonyl (C=O) groups excluding carboxylic acids is 1. The first-order valence-electron chi connectivity index (χ1n) is 1.45. The second kappa shape index (κ2) is 2.41. The van der Waals surface area contributed by atoms with Crippen molar-refractivity contribution in [2.75, 3.05) is 6.66 Å². The molecule has 0 aliphatic heterocycles. The van der Waals surface area contributed by atoms with E-state index in [9.17, 15) is 4.79 Å². The zero-order chi connectivity index (χ0) is 4.28. The average Bonchev–Trinajstić information content (AvgIpc) is 1.38. The lowest BCUT2D eigenvalue weighted by molar-refractivity contribution is 0.275. The summed E-state index contributed by atoms with van der Waals surface area (Å²) >= 11 is 0. The molecule has 0 fully saturated rings. The minimum atomic E-state index is 0.282. The highest BCUT2D eigenvalue weighted by molar-refractivity contribution is 7.62. The van der Waals surface area contributed by atoms with Crippen LogP contribution < -0.4 is 0 Å². The summed E-state index contributed by atoms with van der Waals surface area (Å²) in [6.07, 6.45) is 0. The summed E-state index contributed by atoms with van der Waals surface area (Å²) in [5, 5.41) is 0. The molecule has 0 spiro atoms. The molecule has 0 radical (unpaired) electrons. The lowest BCUT2D eigenvalue weighted by Crippen LogP contribution is -1.75. The molecule has 0 amide bonds. The van der Waals surface area contributed by atoms with E-state index in [2.05, 4.69) is 0 Å². The summed E-state index contributed by atoms with van der Waals surface area (Å²) in [6, 6.07) is 0. The van der Waals surface area contributed by atoms with Gasteiger partial charge in [0.2, 0.25) is 0 Å². The molecule has 0 N–H and O–H groups in total. The van der Waals surface area contributed by atoms with Crippen LogP contribution in [0.3, 0.4) is 0 Å². The molecule has 0 saturated carbocycles. The Morgan fingerprint density at radius 3 is 2.20 bits per heavy atom. The predicted octanol–water partition coefficient (Wildman–Crippen LogP) is 0.0478. The van der Waals surface area contributed by atoms with E-state index in [0.29, 0.717) is 8.58 Å². The first-order valence-corrected chi connectivity index (χ1v) is 2.95. The van der Waals surface area contributed by atoms with Gasteiger partial charge in [-0.05, 0) is 6.66 Å². The van der Waals surface area contributed by atoms with Crippen LogP contribution in [0, 0.1) is 0 Å². The van der Waals surface area contributed by atoms with Gasteiger partial charge in [0.1, 0.15) is 5.42 Å². The molecule has 28 valence electrons. The Hall–Kier alpha value is 0.165. The van der Waals surface area contributed by atoms with Crippen molar-refractivity contribution in [3.63, 3.8) is 0 Å². The molecule has 0 heterocycles. The fourth-order valence-corrected chi connectivity index (χ4v) is 0. The highest BCUT2D eigenvalue weighted by Crippen LogP contribution is 1.98. The zero-order valence-corrected chi connectivity index (χ0v) is 4.41. The van der Waals surface area contributed by atoms with Crippen LogP contribution in [0.15, 0.2) is 0 Å². The van der Waals surface area contributed by atoms with Gasteiger partial charge in [0, 0.05) is 0 Å². The number of hydrogen-bond donors (Lipinski definition) is 0. The molecule has 0 bridgehead atoms. The van der Waals surface area contributed by atoms with Gasteiger partial charge in [0.15, 0.2) is 7.85 Å². The fourth-order valence-electron chi connectivity index (χ4n) is 0. The van der Waals surface area contributed by atoms with Crippen molar-refractivity contribution in [3.05, 3.63) is 0 Å². The first kappa shape index (κ1) is 5.16. The molecule has 0 aliphatic rings. The van der Waals surface area contributed by atoms with Gasteiger partial charge in [-0.2, -0.15) is 0 Å². The van der Waals surface area contributed by atoms with Crippen LogP contribution in [0.2, 0.25) is 0 Å². The van der Waals surface area contributed by atoms with Gasteiger partial charge in [-0.3, -0.25) is 0 Å². The quantitative estimate of drug-likeness (QED) is 0.327. The smallest absolute Gasteiger partial charge is 0.192 e. The molecule has 0 rings (SSSR count). The van der Waals surface area contributed by atoms with E-state index in [1.807, 2.05) is 6.66 Å². The summed E-state index contributed by atoms with van der Waals surface area (Å²) in [4.78, 5) is 9.82. The van der Waals surface area contributed by atoms with E-state index in [-0.39, 0.29) is 5.42 Å². The average molecular weight is 87.9 g/mol. The SMILES string of the molecule is BC(=O)PC. The van der Waals surface area contributed by atoms with E-state index in [4.69, 9.17) is 0 Å². The van der Waals surface area contributed by atoms with Crippen LogP contribution in [0.1, 0.15) is 0 Å². The van der Waals surface area contributed by atoms with Crippen LogP contribution in [0.4, 0.5) is 4.79 Å². The van der Waals surface area contributed by atoms with Gasteiger partial charge in [-0.15, -0.1) is 0 Å². The molecule has 1 nitrogen and oxygen atoms in total. The van der Waals surface area contributed by atoms with Gasteiger partial charge >= 0.3 is 0 Å². The molecule has 0 aliphatic carbocycles. The number of rotatable bonds is 1. The maximum atomic E-state index is 9.82. The summed E-state index contributed by atoms with van der Waals surface area (Å²) in [6.45, 7) is 1.88. The molecule has 0 saturated heterocycles. The zero-order valence-electron chi connectivity index (χ0n) is 3.41. The van der Waals surface area contributed by atoms with Gasteiger partial charge < -0.3 is 4.79 Å². The summed E-state index contributed by atoms with van der Waals surface area (Å²) in [7, 11) is 2.07. The Bertz CT molecular complexity index is 44.9. The lowest BCUT2D eigenvalue weighted by atomic mass is 10.2. The molecule has 5 heavy (non-hydrogen) atoms. The molecular weight excluding hydrogens is 81.8 g/mol. The van der Waals surface area contributed by atoms with Crippen molar-refractivity contribution in [3.8, 4) is 0 Å². The standard InChI is InChI=1S/C2H6BOP/c1-5-2(3)4/h5H,3H2,1H3. The van der Waals surface area contributed by atoms with E-state index in [0.717, 1.165) is 0 Å². The number of hydrogen-bond acceptors (Lipinski definition) is 1. The van der Waals surface area contributed by atoms with Crippen molar-refractivity contribution >= 4 is 21.9 Å². The Labute approximate surface area is 34.3 Å². The largest absolute Gasteiger partial charge is 0.307 e. The molecule has 0 aromatic heterocycles. The highest BCUT2D eigenvalue weighted by Gasteiger charge is 1.76. The normalized spacial score (nSPS) is 9.80. The van der Waals surface area contributed by atoms with Crippen molar-refractivity contribution in [1.29, 1.82) is 0 Å². The second-order valence-electron chi connectivity index (χ2n) is 0.806. The van der Waals surface area contributed by atoms with Crippen molar-refractivity contribution in [2.24, 2.45) is 0 Å². The van der Waals surface area contributed by atoms with Gasteiger partial charge in [0.25, 0.3) is 0 Å². The third-order valence-electron chi connectivity index (χ3n) is 0.352. The van der Waals surface area contributed by atoms with E-state index >= 15 is 0 Å². The monoisotopic (exact) mass is 88.0 g/mol. The van der Waals surface area contributed by atoms with Crippen LogP contribution in [0.25, 0.3) is 0 Å². The van der Waals surface area contributed by atoms with E-state index < -0.39 is 0 Å². The second-order valence-corrected chi connectivity index (χ2v) is 2.01. The Kier molecular flexibility index (Phi) is 2.48. The molecular formula is C2H6BOP. The topological polar surface area (TPSA) is 17.1 Å². The van der Waals surface area contributed by atoms with Gasteiger partial charge in [-0.1, -0.05) is 8.58 Å². The molecule has 0 aromatic carbocycles. The van der Waals surface area contributed by atoms with Crippen LogP contribution in [-0.4, -0.2) is 19.9 Å². The van der Waals surface area contributed by atoms with Crippen molar-refractivity contribution < 1.29 is 4.79 Å². The van der Waals surface area contributed by atoms with Crippen LogP contribution >= 0.6 is 8.58 Å². The fraction of sp³-hybridized carbons (Fsp3) is 0.500. The molecule has 1 unspecified atom stereocenters. The third kappa shape index (κ3) is 4.16. The number of carbonyl (C=O) groups is 1. The van der Waals surface area contributed by atoms with E-state index in [1.165, 1.54) is 0 Å². The van der Waals surface area contributed by atoms with Crippen molar-refractivity contribution in [1.82, 2.24) is 0 Å². The summed E-state index contributed by atoms with van der Waals surface area (Å²) in [5.74, 6) is 0. The third-order valence-corrected chi connectivity index (χ3v) is 1.06. The summed E-state index contributed by atoms with van der Waals surface area (Å²) in [5.41, 5.74) is 0.282. The maximum absolute atomic E-state index is 9.82. The van der Waals surface area contributed by atoms with Crippen molar-refractivity contribution in [2.45, 2.75) is 0 Å². The van der Waals surface area contributed by atoms with E-state index in [1.54, 1.807) is 7.85 Å². The molecule has 3 heteroatoms. The minimum Gasteiger partial charge on any atom is -0.307 e. The highest BCUT2D eigenvalue weighted by atomic mass is 31.1. The maximum Gasteiger partial charge on any atom is 0.192 e.